The second kappa shape index (κ2) is 9.83. The van der Waals surface area contributed by atoms with E-state index in [0.29, 0.717) is 53.0 Å². The third-order valence-electron chi connectivity index (χ3n) is 7.89. The molecule has 1 aromatic heterocycles. The van der Waals surface area contributed by atoms with E-state index in [0.717, 1.165) is 33.2 Å². The number of para-hydroxylation sites is 1. The van der Waals surface area contributed by atoms with Crippen LogP contribution in [0.15, 0.2) is 46.9 Å². The zero-order valence-electron chi connectivity index (χ0n) is 22.4. The predicted molar refractivity (Wildman–Crippen MR) is 148 cm³/mol. The minimum absolute atomic E-state index is 0. The summed E-state index contributed by atoms with van der Waals surface area (Å²) >= 11 is 0. The van der Waals surface area contributed by atoms with Crippen LogP contribution >= 0.6 is 12.4 Å². The van der Waals surface area contributed by atoms with Gasteiger partial charge in [-0.15, -0.1) is 12.4 Å². The molecule has 0 radical (unpaired) electrons. The number of furan rings is 1. The smallest absolute Gasteiger partial charge is 0.343 e. The van der Waals surface area contributed by atoms with Crippen molar-refractivity contribution in [2.45, 2.75) is 18.6 Å². The Morgan fingerprint density at radius 1 is 0.925 bits per heavy atom. The number of ether oxygens (including phenoxy) is 6. The highest BCUT2D eigenvalue weighted by atomic mass is 35.5. The van der Waals surface area contributed by atoms with E-state index < -0.39 is 12.1 Å². The largest absolute Gasteiger partial charge is 0.493 e. The van der Waals surface area contributed by atoms with Crippen LogP contribution in [0.5, 0.6) is 28.7 Å². The number of likely N-dealkylation sites (N-methyl/N-ethyl adjacent to an activating group) is 1. The second-order valence-electron chi connectivity index (χ2n) is 9.78. The van der Waals surface area contributed by atoms with Gasteiger partial charge in [0.1, 0.15) is 23.0 Å². The number of hydrogen-bond donors (Lipinski definition) is 0. The van der Waals surface area contributed by atoms with Gasteiger partial charge in [-0.2, -0.15) is 0 Å². The SMILES string of the molecule is COc1ccc2c(c1OC)C(=O)O[C@@H]2[C@H]1c2c(c(-c3cc4ccccc4o3)c3c(c2OC)OCO3)CCN1C.Cl. The molecule has 4 heterocycles. The van der Waals surface area contributed by atoms with E-state index >= 15 is 0 Å². The van der Waals surface area contributed by atoms with Crippen molar-refractivity contribution in [3.63, 3.8) is 0 Å². The van der Waals surface area contributed by atoms with E-state index in [4.69, 9.17) is 32.8 Å². The van der Waals surface area contributed by atoms with Crippen LogP contribution in [-0.2, 0) is 11.2 Å². The Morgan fingerprint density at radius 3 is 2.45 bits per heavy atom. The lowest BCUT2D eigenvalue weighted by Crippen LogP contribution is -2.36. The fourth-order valence-electron chi connectivity index (χ4n) is 6.20. The van der Waals surface area contributed by atoms with Crippen molar-refractivity contribution < 1.29 is 37.6 Å². The van der Waals surface area contributed by atoms with Gasteiger partial charge < -0.3 is 32.8 Å². The van der Waals surface area contributed by atoms with Gasteiger partial charge in [0.15, 0.2) is 23.0 Å². The first kappa shape index (κ1) is 26.2. The molecular weight excluding hydrogens is 538 g/mol. The Morgan fingerprint density at radius 2 is 1.70 bits per heavy atom. The summed E-state index contributed by atoms with van der Waals surface area (Å²) in [4.78, 5) is 15.4. The van der Waals surface area contributed by atoms with Crippen LogP contribution in [-0.4, -0.2) is 52.6 Å². The monoisotopic (exact) mass is 565 g/mol. The lowest BCUT2D eigenvalue weighted by atomic mass is 9.82. The number of carbonyl (C=O) groups excluding carboxylic acids is 1. The van der Waals surface area contributed by atoms with Gasteiger partial charge in [-0.05, 0) is 37.2 Å². The molecule has 0 saturated heterocycles. The van der Waals surface area contributed by atoms with Crippen molar-refractivity contribution in [2.24, 2.45) is 0 Å². The summed E-state index contributed by atoms with van der Waals surface area (Å²) in [7, 11) is 6.70. The molecule has 10 heteroatoms. The van der Waals surface area contributed by atoms with E-state index in [1.54, 1.807) is 20.3 Å². The van der Waals surface area contributed by atoms with Gasteiger partial charge in [0.2, 0.25) is 12.5 Å². The fourth-order valence-corrected chi connectivity index (χ4v) is 6.20. The minimum atomic E-state index is -0.617. The summed E-state index contributed by atoms with van der Waals surface area (Å²) < 4.78 is 41.4. The Balaban J connectivity index is 0.00000289. The van der Waals surface area contributed by atoms with E-state index in [2.05, 4.69) is 4.90 Å². The Hall–Kier alpha value is -4.08. The summed E-state index contributed by atoms with van der Waals surface area (Å²) in [5.74, 6) is 2.76. The molecule has 0 bridgehead atoms. The van der Waals surface area contributed by atoms with Crippen LogP contribution < -0.4 is 23.7 Å². The first-order valence-corrected chi connectivity index (χ1v) is 12.7. The lowest BCUT2D eigenvalue weighted by molar-refractivity contribution is 0.00876. The van der Waals surface area contributed by atoms with Crippen molar-refractivity contribution in [3.05, 3.63) is 64.7 Å². The van der Waals surface area contributed by atoms with Gasteiger partial charge in [0.05, 0.1) is 32.9 Å². The maximum Gasteiger partial charge on any atom is 0.343 e. The number of hydrogen-bond acceptors (Lipinski definition) is 9. The molecular formula is C30H28ClNO8. The van der Waals surface area contributed by atoms with E-state index in [9.17, 15) is 4.79 Å². The number of methoxy groups -OCH3 is 3. The van der Waals surface area contributed by atoms with Crippen molar-refractivity contribution in [2.75, 3.05) is 41.7 Å². The molecule has 0 fully saturated rings. The van der Waals surface area contributed by atoms with Gasteiger partial charge in [0, 0.05) is 23.1 Å². The van der Waals surface area contributed by atoms with Gasteiger partial charge in [0.25, 0.3) is 0 Å². The number of benzene rings is 3. The van der Waals surface area contributed by atoms with Crippen LogP contribution in [0.25, 0.3) is 22.3 Å². The quantitative estimate of drug-likeness (QED) is 0.282. The zero-order chi connectivity index (χ0) is 26.8. The molecule has 0 N–H and O–H groups in total. The number of esters is 1. The highest BCUT2D eigenvalue weighted by molar-refractivity contribution is 5.98. The standard InChI is InChI=1S/C30H27NO8.ClH/c1-31-12-11-16-21(20-13-15-7-5-6-8-18(15)38-20)28-29(37-14-36-28)27(35-4)22(16)24(31)25-17-9-10-19(33-2)26(34-3)23(17)30(32)39-25;/h5-10,13,24-25H,11-12,14H2,1-4H3;1H/t24-,25+;/m1./s1. The van der Waals surface area contributed by atoms with E-state index in [1.807, 2.05) is 43.4 Å². The molecule has 7 rings (SSSR count). The predicted octanol–water partition coefficient (Wildman–Crippen LogP) is 5.72. The number of carbonyl (C=O) groups is 1. The van der Waals surface area contributed by atoms with Crippen molar-refractivity contribution in [1.82, 2.24) is 4.90 Å². The Labute approximate surface area is 236 Å². The number of rotatable bonds is 5. The van der Waals surface area contributed by atoms with Crippen molar-refractivity contribution >= 4 is 29.3 Å². The summed E-state index contributed by atoms with van der Waals surface area (Å²) in [6.45, 7) is 0.783. The first-order valence-electron chi connectivity index (χ1n) is 12.7. The highest BCUT2D eigenvalue weighted by Gasteiger charge is 2.47. The van der Waals surface area contributed by atoms with E-state index in [1.165, 1.54) is 7.11 Å². The maximum atomic E-state index is 13.2. The topological polar surface area (TPSA) is 88.8 Å². The van der Waals surface area contributed by atoms with Crippen LogP contribution in [0.4, 0.5) is 0 Å². The minimum Gasteiger partial charge on any atom is -0.493 e. The van der Waals surface area contributed by atoms with Gasteiger partial charge in [-0.1, -0.05) is 24.3 Å². The molecule has 208 valence electrons. The molecule has 0 amide bonds. The molecule has 0 spiro atoms. The van der Waals surface area contributed by atoms with Crippen molar-refractivity contribution in [3.8, 4) is 40.1 Å². The van der Waals surface area contributed by atoms with Crippen LogP contribution in [0, 0.1) is 0 Å². The summed E-state index contributed by atoms with van der Waals surface area (Å²) in [5, 5.41) is 0.994. The molecule has 0 unspecified atom stereocenters. The average Bonchev–Trinajstić information content (AvgIpc) is 3.68. The van der Waals surface area contributed by atoms with Gasteiger partial charge in [-0.25, -0.2) is 4.79 Å². The van der Waals surface area contributed by atoms with Gasteiger partial charge >= 0.3 is 5.97 Å². The average molecular weight is 566 g/mol. The van der Waals surface area contributed by atoms with E-state index in [-0.39, 0.29) is 25.2 Å². The highest BCUT2D eigenvalue weighted by Crippen LogP contribution is 2.59. The maximum absolute atomic E-state index is 13.2. The Kier molecular flexibility index (Phi) is 6.43. The number of halogens is 1. The molecule has 9 nitrogen and oxygen atoms in total. The summed E-state index contributed by atoms with van der Waals surface area (Å²) in [6.07, 6.45) is 0.0930. The molecule has 0 aliphatic carbocycles. The zero-order valence-corrected chi connectivity index (χ0v) is 23.3. The van der Waals surface area contributed by atoms with Crippen LogP contribution in [0.1, 0.15) is 39.2 Å². The van der Waals surface area contributed by atoms with Gasteiger partial charge in [-0.3, -0.25) is 4.90 Å². The summed E-state index contributed by atoms with van der Waals surface area (Å²) in [5.41, 5.74) is 4.62. The molecule has 0 saturated carbocycles. The van der Waals surface area contributed by atoms with Crippen LogP contribution in [0.3, 0.4) is 0 Å². The Bertz CT molecular complexity index is 1610. The number of cyclic esters (lactones) is 1. The third kappa shape index (κ3) is 3.61. The molecule has 40 heavy (non-hydrogen) atoms. The third-order valence-corrected chi connectivity index (χ3v) is 7.89. The molecule has 3 aliphatic heterocycles. The number of nitrogens with zero attached hydrogens (tertiary/aromatic N) is 1. The van der Waals surface area contributed by atoms with Crippen LogP contribution in [0.2, 0.25) is 0 Å². The first-order chi connectivity index (χ1) is 19.0. The molecule has 4 aromatic rings. The molecule has 3 aliphatic rings. The molecule has 2 atom stereocenters. The van der Waals surface area contributed by atoms with Crippen molar-refractivity contribution in [1.29, 1.82) is 0 Å². The second-order valence-corrected chi connectivity index (χ2v) is 9.78. The molecule has 3 aromatic carbocycles. The number of fused-ring (bicyclic) bond motifs is 4. The lowest BCUT2D eigenvalue weighted by Gasteiger charge is -2.39. The normalized spacial score (nSPS) is 19.1. The fraction of sp³-hybridized carbons (Fsp3) is 0.300. The summed E-state index contributed by atoms with van der Waals surface area (Å²) in [6, 6.07) is 13.2.